The van der Waals surface area contributed by atoms with Crippen LogP contribution >= 0.6 is 11.6 Å². The lowest BCUT2D eigenvalue weighted by Gasteiger charge is -2.23. The van der Waals surface area contributed by atoms with Crippen molar-refractivity contribution in [2.75, 3.05) is 0 Å². The van der Waals surface area contributed by atoms with Crippen LogP contribution in [0.25, 0.3) is 0 Å². The van der Waals surface area contributed by atoms with Gasteiger partial charge >= 0.3 is 0 Å². The highest BCUT2D eigenvalue weighted by molar-refractivity contribution is 6.31. The molecule has 0 amide bonds. The highest BCUT2D eigenvalue weighted by atomic mass is 35.5. The first kappa shape index (κ1) is 12.7. The summed E-state index contributed by atoms with van der Waals surface area (Å²) in [5.74, 6) is 0.867. The number of nitrogens with two attached hydrogens (primary N) is 1. The first-order valence-electron chi connectivity index (χ1n) is 6.38. The van der Waals surface area contributed by atoms with Crippen LogP contribution in [0.2, 0.25) is 5.02 Å². The number of hydrogen-bond acceptors (Lipinski definition) is 2. The van der Waals surface area contributed by atoms with Crippen LogP contribution in [0, 0.1) is 0 Å². The van der Waals surface area contributed by atoms with Crippen molar-refractivity contribution in [2.24, 2.45) is 5.73 Å². The van der Waals surface area contributed by atoms with Crippen LogP contribution in [0.1, 0.15) is 50.6 Å². The molecule has 0 bridgehead atoms. The Kier molecular flexibility index (Phi) is 4.30. The van der Waals surface area contributed by atoms with E-state index >= 15 is 0 Å². The van der Waals surface area contributed by atoms with Gasteiger partial charge in [-0.3, -0.25) is 0 Å². The summed E-state index contributed by atoms with van der Waals surface area (Å²) in [5.41, 5.74) is 6.80. The minimum Gasteiger partial charge on any atom is -0.490 e. The normalized spacial score (nSPS) is 19.0. The monoisotopic (exact) mass is 253 g/mol. The van der Waals surface area contributed by atoms with Crippen LogP contribution in [-0.2, 0) is 0 Å². The zero-order chi connectivity index (χ0) is 12.3. The topological polar surface area (TPSA) is 35.2 Å². The third-order valence-electron chi connectivity index (χ3n) is 3.32. The summed E-state index contributed by atoms with van der Waals surface area (Å²) in [6, 6.07) is 5.78. The third kappa shape index (κ3) is 3.36. The molecule has 2 rings (SSSR count). The van der Waals surface area contributed by atoms with E-state index in [0.717, 1.165) is 24.2 Å². The molecule has 0 aromatic heterocycles. The van der Waals surface area contributed by atoms with Crippen LogP contribution in [0.4, 0.5) is 0 Å². The van der Waals surface area contributed by atoms with Crippen molar-refractivity contribution in [3.63, 3.8) is 0 Å². The van der Waals surface area contributed by atoms with Gasteiger partial charge in [-0.15, -0.1) is 0 Å². The van der Waals surface area contributed by atoms with E-state index in [1.807, 2.05) is 25.1 Å². The lowest BCUT2D eigenvalue weighted by Crippen LogP contribution is -2.19. The minimum absolute atomic E-state index is 0.0359. The molecule has 0 radical (unpaired) electrons. The second kappa shape index (κ2) is 5.74. The molecular weight excluding hydrogens is 234 g/mol. The van der Waals surface area contributed by atoms with Crippen molar-refractivity contribution in [3.8, 4) is 5.75 Å². The molecule has 94 valence electrons. The van der Waals surface area contributed by atoms with Crippen LogP contribution < -0.4 is 10.5 Å². The Bertz CT molecular complexity index is 372. The molecular formula is C14H20ClNO. The van der Waals surface area contributed by atoms with Gasteiger partial charge in [0.2, 0.25) is 0 Å². The first-order chi connectivity index (χ1) is 8.16. The highest BCUT2D eigenvalue weighted by Gasteiger charge is 2.15. The Balaban J connectivity index is 2.04. The second-order valence-electron chi connectivity index (χ2n) is 4.85. The quantitative estimate of drug-likeness (QED) is 0.881. The average Bonchev–Trinajstić information content (AvgIpc) is 2.30. The van der Waals surface area contributed by atoms with Crippen molar-refractivity contribution in [1.82, 2.24) is 0 Å². The van der Waals surface area contributed by atoms with E-state index in [9.17, 15) is 0 Å². The Morgan fingerprint density at radius 1 is 1.29 bits per heavy atom. The molecule has 0 heterocycles. The zero-order valence-corrected chi connectivity index (χ0v) is 11.0. The van der Waals surface area contributed by atoms with Crippen molar-refractivity contribution in [2.45, 2.75) is 51.2 Å². The molecule has 1 atom stereocenters. The maximum atomic E-state index is 6.18. The van der Waals surface area contributed by atoms with Gasteiger partial charge < -0.3 is 10.5 Å². The molecule has 3 heteroatoms. The highest BCUT2D eigenvalue weighted by Crippen LogP contribution is 2.29. The molecule has 1 fully saturated rings. The molecule has 1 saturated carbocycles. The van der Waals surface area contributed by atoms with E-state index in [4.69, 9.17) is 22.1 Å². The molecule has 1 aromatic rings. The number of halogens is 1. The van der Waals surface area contributed by atoms with Crippen LogP contribution in [0.5, 0.6) is 5.75 Å². The fourth-order valence-electron chi connectivity index (χ4n) is 2.33. The van der Waals surface area contributed by atoms with E-state index in [2.05, 4.69) is 0 Å². The fraction of sp³-hybridized carbons (Fsp3) is 0.571. The second-order valence-corrected chi connectivity index (χ2v) is 5.26. The molecule has 1 aromatic carbocycles. The van der Waals surface area contributed by atoms with Gasteiger partial charge in [0.1, 0.15) is 5.75 Å². The fourth-order valence-corrected chi connectivity index (χ4v) is 2.67. The van der Waals surface area contributed by atoms with E-state index in [0.29, 0.717) is 11.1 Å². The van der Waals surface area contributed by atoms with Crippen LogP contribution in [0.3, 0.4) is 0 Å². The van der Waals surface area contributed by atoms with Gasteiger partial charge in [0.15, 0.2) is 0 Å². The molecule has 2 N–H and O–H groups in total. The van der Waals surface area contributed by atoms with Crippen molar-refractivity contribution < 1.29 is 4.74 Å². The largest absolute Gasteiger partial charge is 0.490 e. The molecule has 1 aliphatic rings. The van der Waals surface area contributed by atoms with Gasteiger partial charge in [-0.05, 0) is 50.3 Å². The van der Waals surface area contributed by atoms with Crippen LogP contribution in [-0.4, -0.2) is 6.10 Å². The van der Waals surface area contributed by atoms with E-state index in [1.54, 1.807) is 0 Å². The smallest absolute Gasteiger partial charge is 0.121 e. The van der Waals surface area contributed by atoms with Gasteiger partial charge in [-0.2, -0.15) is 0 Å². The summed E-state index contributed by atoms with van der Waals surface area (Å²) in [7, 11) is 0. The molecule has 1 unspecified atom stereocenters. The summed E-state index contributed by atoms with van der Waals surface area (Å²) in [5, 5.41) is 0.702. The molecule has 2 nitrogen and oxygen atoms in total. The SMILES string of the molecule is CC(N)c1ccc(OC2CCCCC2)cc1Cl. The first-order valence-corrected chi connectivity index (χ1v) is 6.76. The predicted octanol–water partition coefficient (Wildman–Crippen LogP) is 4.07. The summed E-state index contributed by atoms with van der Waals surface area (Å²) >= 11 is 6.18. The standard InChI is InChI=1S/C14H20ClNO/c1-10(16)13-8-7-12(9-14(13)15)17-11-5-3-2-4-6-11/h7-11H,2-6,16H2,1H3. The average molecular weight is 254 g/mol. The summed E-state index contributed by atoms with van der Waals surface area (Å²) < 4.78 is 5.95. The Morgan fingerprint density at radius 3 is 2.59 bits per heavy atom. The zero-order valence-electron chi connectivity index (χ0n) is 10.3. The van der Waals surface area contributed by atoms with Gasteiger partial charge in [0, 0.05) is 11.1 Å². The number of ether oxygens (including phenoxy) is 1. The van der Waals surface area contributed by atoms with Crippen molar-refractivity contribution >= 4 is 11.6 Å². The molecule has 0 aliphatic heterocycles. The van der Waals surface area contributed by atoms with Gasteiger partial charge in [0.05, 0.1) is 6.10 Å². The Morgan fingerprint density at radius 2 is 2.00 bits per heavy atom. The van der Waals surface area contributed by atoms with Gasteiger partial charge in [0.25, 0.3) is 0 Å². The predicted molar refractivity (Wildman–Crippen MR) is 71.6 cm³/mol. The van der Waals surface area contributed by atoms with Gasteiger partial charge in [-0.25, -0.2) is 0 Å². The van der Waals surface area contributed by atoms with E-state index in [-0.39, 0.29) is 6.04 Å². The van der Waals surface area contributed by atoms with Crippen molar-refractivity contribution in [1.29, 1.82) is 0 Å². The summed E-state index contributed by atoms with van der Waals surface area (Å²) in [4.78, 5) is 0. The molecule has 0 saturated heterocycles. The number of benzene rings is 1. The van der Waals surface area contributed by atoms with Crippen LogP contribution in [0.15, 0.2) is 18.2 Å². The number of hydrogen-bond donors (Lipinski definition) is 1. The minimum atomic E-state index is -0.0359. The Hall–Kier alpha value is -0.730. The maximum Gasteiger partial charge on any atom is 0.121 e. The molecule has 17 heavy (non-hydrogen) atoms. The summed E-state index contributed by atoms with van der Waals surface area (Å²) in [6.45, 7) is 1.93. The lowest BCUT2D eigenvalue weighted by molar-refractivity contribution is 0.155. The van der Waals surface area contributed by atoms with Gasteiger partial charge in [-0.1, -0.05) is 24.1 Å². The lowest BCUT2D eigenvalue weighted by atomic mass is 9.98. The maximum absolute atomic E-state index is 6.18. The van der Waals surface area contributed by atoms with E-state index < -0.39 is 0 Å². The summed E-state index contributed by atoms with van der Waals surface area (Å²) in [6.07, 6.45) is 6.57. The van der Waals surface area contributed by atoms with Crippen molar-refractivity contribution in [3.05, 3.63) is 28.8 Å². The third-order valence-corrected chi connectivity index (χ3v) is 3.64. The molecule has 0 spiro atoms. The Labute approximate surface area is 108 Å². The number of rotatable bonds is 3. The van der Waals surface area contributed by atoms with E-state index in [1.165, 1.54) is 19.3 Å². The molecule has 1 aliphatic carbocycles.